The molecule has 1 aromatic rings. The summed E-state index contributed by atoms with van der Waals surface area (Å²) in [6.45, 7) is 18.2. The van der Waals surface area contributed by atoms with Crippen molar-refractivity contribution in [3.05, 3.63) is 41.9 Å². The van der Waals surface area contributed by atoms with Gasteiger partial charge in [0.05, 0.1) is 19.3 Å². The molecule has 1 aliphatic rings. The highest BCUT2D eigenvalue weighted by molar-refractivity contribution is 6.92. The highest BCUT2D eigenvalue weighted by Crippen LogP contribution is 2.44. The number of hydrogen-bond acceptors (Lipinski definition) is 2. The molecule has 0 saturated carbocycles. The summed E-state index contributed by atoms with van der Waals surface area (Å²) in [6.07, 6.45) is 7.03. The van der Waals surface area contributed by atoms with Crippen molar-refractivity contribution < 1.29 is 9.31 Å². The van der Waals surface area contributed by atoms with Crippen molar-refractivity contribution in [3.63, 3.8) is 0 Å². The van der Waals surface area contributed by atoms with E-state index in [1.54, 1.807) is 0 Å². The molecule has 0 N–H and O–H groups in total. The lowest BCUT2D eigenvalue weighted by Crippen LogP contribution is -2.48. The van der Waals surface area contributed by atoms with E-state index in [-0.39, 0.29) is 18.3 Å². The van der Waals surface area contributed by atoms with Gasteiger partial charge in [0.1, 0.15) is 0 Å². The summed E-state index contributed by atoms with van der Waals surface area (Å²) in [4.78, 5) is 0. The molecule has 1 unspecified atom stereocenters. The smallest absolute Gasteiger partial charge is 0.400 e. The van der Waals surface area contributed by atoms with Gasteiger partial charge in [0, 0.05) is 0 Å². The van der Waals surface area contributed by atoms with Crippen LogP contribution in [0.1, 0.15) is 67.2 Å². The maximum atomic E-state index is 6.51. The van der Waals surface area contributed by atoms with Gasteiger partial charge in [-0.25, -0.2) is 0 Å². The fraction of sp³-hybridized carbons (Fsp3) is 0.652. The van der Waals surface area contributed by atoms with E-state index >= 15 is 0 Å². The number of allylic oxidation sites excluding steroid dienone is 2. The second kappa shape index (κ2) is 8.67. The Balaban J connectivity index is 2.46. The normalized spacial score (nSPS) is 20.7. The molecule has 1 atom stereocenters. The predicted octanol–water partition coefficient (Wildman–Crippen LogP) is 6.13. The maximum Gasteiger partial charge on any atom is 0.490 e. The van der Waals surface area contributed by atoms with Crippen molar-refractivity contribution in [2.45, 2.75) is 97.1 Å². The monoisotopic (exact) mass is 386 g/mol. The van der Waals surface area contributed by atoms with Crippen LogP contribution in [0.4, 0.5) is 0 Å². The molecule has 1 saturated heterocycles. The van der Waals surface area contributed by atoms with Crippen molar-refractivity contribution in [2.24, 2.45) is 0 Å². The van der Waals surface area contributed by atoms with Crippen LogP contribution in [0.5, 0.6) is 0 Å². The van der Waals surface area contributed by atoms with Crippen LogP contribution in [0.2, 0.25) is 18.6 Å². The van der Waals surface area contributed by atoms with Crippen LogP contribution in [-0.2, 0) is 9.31 Å². The molecule has 150 valence electrons. The minimum absolute atomic E-state index is 0.228. The zero-order valence-corrected chi connectivity index (χ0v) is 19.8. The summed E-state index contributed by atoms with van der Waals surface area (Å²) in [5.41, 5.74) is 1.32. The lowest BCUT2D eigenvalue weighted by atomic mass is 9.74. The minimum Gasteiger partial charge on any atom is -0.400 e. The standard InChI is InChI=1S/C23H39BO2Si/c1-9-11-18-20(24-25-22(3,4)23(5,6)26-24)21(15-10-2)27(7,8)19-16-13-12-14-17-19/h12-14,16-18,21H,9-11,15H2,1-8H3/b20-18-. The lowest BCUT2D eigenvalue weighted by molar-refractivity contribution is 0.00578. The van der Waals surface area contributed by atoms with Crippen molar-refractivity contribution >= 4 is 20.4 Å². The highest BCUT2D eigenvalue weighted by Gasteiger charge is 2.54. The first-order valence-electron chi connectivity index (χ1n) is 10.7. The molecule has 0 aliphatic carbocycles. The van der Waals surface area contributed by atoms with Crippen LogP contribution in [0, 0.1) is 0 Å². The molecule has 1 aromatic carbocycles. The van der Waals surface area contributed by atoms with Gasteiger partial charge in [-0.3, -0.25) is 0 Å². The van der Waals surface area contributed by atoms with Gasteiger partial charge in [-0.1, -0.05) is 81.4 Å². The number of unbranched alkanes of at least 4 members (excludes halogenated alkanes) is 1. The van der Waals surface area contributed by atoms with Gasteiger partial charge in [0.2, 0.25) is 0 Å². The van der Waals surface area contributed by atoms with Crippen LogP contribution in [-0.4, -0.2) is 26.4 Å². The quantitative estimate of drug-likeness (QED) is 0.500. The van der Waals surface area contributed by atoms with Crippen LogP contribution < -0.4 is 5.19 Å². The topological polar surface area (TPSA) is 18.5 Å². The van der Waals surface area contributed by atoms with Crippen LogP contribution in [0.25, 0.3) is 0 Å². The summed E-state index contributed by atoms with van der Waals surface area (Å²) < 4.78 is 13.0. The minimum atomic E-state index is -1.73. The van der Waals surface area contributed by atoms with Crippen molar-refractivity contribution in [2.75, 3.05) is 0 Å². The summed E-state index contributed by atoms with van der Waals surface area (Å²) >= 11 is 0. The molecule has 0 aromatic heterocycles. The Bertz CT molecular complexity index is 621. The van der Waals surface area contributed by atoms with Crippen LogP contribution >= 0.6 is 0 Å². The van der Waals surface area contributed by atoms with Crippen LogP contribution in [0.15, 0.2) is 41.9 Å². The van der Waals surface area contributed by atoms with E-state index < -0.39 is 8.07 Å². The highest BCUT2D eigenvalue weighted by atomic mass is 28.3. The molecule has 0 amide bonds. The number of benzene rings is 1. The van der Waals surface area contributed by atoms with E-state index in [9.17, 15) is 0 Å². The summed E-state index contributed by atoms with van der Waals surface area (Å²) in [7, 11) is -1.96. The maximum absolute atomic E-state index is 6.51. The SMILES string of the molecule is CCC/C=C(\B1OC(C)(C)C(C)(C)O1)C(CCC)[Si](C)(C)c1ccccc1. The average Bonchev–Trinajstić information content (AvgIpc) is 2.82. The first kappa shape index (κ1) is 22.5. The van der Waals surface area contributed by atoms with Gasteiger partial charge in [-0.15, -0.1) is 0 Å². The zero-order chi connectivity index (χ0) is 20.3. The molecule has 27 heavy (non-hydrogen) atoms. The largest absolute Gasteiger partial charge is 0.490 e. The second-order valence-corrected chi connectivity index (χ2v) is 14.2. The van der Waals surface area contributed by atoms with E-state index in [0.717, 1.165) is 12.8 Å². The summed E-state index contributed by atoms with van der Waals surface area (Å²) in [5.74, 6) is 0. The van der Waals surface area contributed by atoms with E-state index in [1.165, 1.54) is 23.5 Å². The molecule has 1 heterocycles. The molecule has 2 nitrogen and oxygen atoms in total. The molecular weight excluding hydrogens is 347 g/mol. The third-order valence-electron chi connectivity index (χ3n) is 6.56. The van der Waals surface area contributed by atoms with E-state index in [1.807, 2.05) is 0 Å². The van der Waals surface area contributed by atoms with Crippen molar-refractivity contribution in [1.82, 2.24) is 0 Å². The van der Waals surface area contributed by atoms with E-state index in [2.05, 4.69) is 91.0 Å². The summed E-state index contributed by atoms with van der Waals surface area (Å²) in [6, 6.07) is 11.1. The van der Waals surface area contributed by atoms with Gasteiger partial charge >= 0.3 is 7.12 Å². The summed E-state index contributed by atoms with van der Waals surface area (Å²) in [5, 5.41) is 1.52. The molecule has 0 radical (unpaired) electrons. The molecular formula is C23H39BO2Si. The first-order valence-corrected chi connectivity index (χ1v) is 13.8. The third-order valence-corrected chi connectivity index (χ3v) is 10.7. The number of rotatable bonds is 8. The van der Waals surface area contributed by atoms with Crippen molar-refractivity contribution in [1.29, 1.82) is 0 Å². The van der Waals surface area contributed by atoms with Gasteiger partial charge in [0.15, 0.2) is 0 Å². The first-order chi connectivity index (χ1) is 12.6. The van der Waals surface area contributed by atoms with Gasteiger partial charge in [-0.05, 0) is 51.6 Å². The molecule has 2 rings (SSSR count). The predicted molar refractivity (Wildman–Crippen MR) is 121 cm³/mol. The zero-order valence-electron chi connectivity index (χ0n) is 18.8. The third kappa shape index (κ3) is 4.78. The molecule has 0 bridgehead atoms. The van der Waals surface area contributed by atoms with Gasteiger partial charge in [0.25, 0.3) is 0 Å². The Labute approximate surface area is 168 Å². The molecule has 1 aliphatic heterocycles. The Kier molecular flexibility index (Phi) is 7.21. The molecule has 4 heteroatoms. The average molecular weight is 386 g/mol. The Morgan fingerprint density at radius 3 is 2.04 bits per heavy atom. The van der Waals surface area contributed by atoms with E-state index in [0.29, 0.717) is 5.54 Å². The fourth-order valence-electron chi connectivity index (χ4n) is 3.99. The van der Waals surface area contributed by atoms with Crippen molar-refractivity contribution in [3.8, 4) is 0 Å². The van der Waals surface area contributed by atoms with Gasteiger partial charge < -0.3 is 9.31 Å². The lowest BCUT2D eigenvalue weighted by Gasteiger charge is -2.36. The van der Waals surface area contributed by atoms with Crippen LogP contribution in [0.3, 0.4) is 0 Å². The Morgan fingerprint density at radius 1 is 1.00 bits per heavy atom. The number of hydrogen-bond donors (Lipinski definition) is 0. The Hall–Kier alpha value is -0.838. The molecule has 1 fully saturated rings. The molecule has 0 spiro atoms. The van der Waals surface area contributed by atoms with E-state index in [4.69, 9.17) is 9.31 Å². The Morgan fingerprint density at radius 2 is 1.56 bits per heavy atom. The van der Waals surface area contributed by atoms with Gasteiger partial charge in [-0.2, -0.15) is 0 Å². The second-order valence-electron chi connectivity index (χ2n) is 9.51. The fourth-order valence-corrected chi connectivity index (χ4v) is 7.55.